The summed E-state index contributed by atoms with van der Waals surface area (Å²) in [6.07, 6.45) is 1.16. The van der Waals surface area contributed by atoms with Gasteiger partial charge in [-0.1, -0.05) is 13.8 Å². The number of thioether (sulfide) groups is 1. The number of rotatable bonds is 3. The minimum Gasteiger partial charge on any atom is -0.481 e. The van der Waals surface area contributed by atoms with E-state index in [4.69, 9.17) is 0 Å². The number of hydrogen-bond acceptors (Lipinski definition) is 3. The summed E-state index contributed by atoms with van der Waals surface area (Å²) in [6, 6.07) is 0. The van der Waals surface area contributed by atoms with Crippen molar-refractivity contribution in [3.8, 4) is 0 Å². The van der Waals surface area contributed by atoms with Crippen LogP contribution < -0.4 is 0 Å². The molecule has 0 aliphatic carbocycles. The van der Waals surface area contributed by atoms with Crippen LogP contribution in [0.15, 0.2) is 0 Å². The summed E-state index contributed by atoms with van der Waals surface area (Å²) in [7, 11) is 0. The number of carbonyl (C=O) groups is 1. The average molecular weight is 232 g/mol. The smallest absolute Gasteiger partial charge is 0.312 e. The molecule has 1 unspecified atom stereocenters. The molecule has 0 amide bonds. The highest BCUT2D eigenvalue weighted by molar-refractivity contribution is 7.99. The van der Waals surface area contributed by atoms with Gasteiger partial charge in [-0.2, -0.15) is 11.8 Å². The van der Waals surface area contributed by atoms with E-state index in [0.717, 1.165) is 11.5 Å². The summed E-state index contributed by atoms with van der Waals surface area (Å²) >= 11 is 1.78. The highest BCUT2D eigenvalue weighted by atomic mass is 32.2. The third-order valence-electron chi connectivity index (χ3n) is 3.89. The number of aliphatic carboxylic acids is 1. The van der Waals surface area contributed by atoms with Gasteiger partial charge in [0.15, 0.2) is 0 Å². The van der Waals surface area contributed by atoms with Crippen LogP contribution in [-0.2, 0) is 4.79 Å². The molecule has 2 N–H and O–H groups in total. The van der Waals surface area contributed by atoms with E-state index < -0.39 is 17.0 Å². The molecule has 1 aliphatic rings. The van der Waals surface area contributed by atoms with E-state index in [0.29, 0.717) is 12.8 Å². The highest BCUT2D eigenvalue weighted by Crippen LogP contribution is 2.46. The summed E-state index contributed by atoms with van der Waals surface area (Å²) in [5, 5.41) is 19.9. The van der Waals surface area contributed by atoms with E-state index in [1.807, 2.05) is 13.8 Å². The molecule has 1 saturated heterocycles. The van der Waals surface area contributed by atoms with Crippen LogP contribution in [-0.4, -0.2) is 33.3 Å². The number of hydrogen-bond donors (Lipinski definition) is 2. The van der Waals surface area contributed by atoms with Gasteiger partial charge < -0.3 is 10.2 Å². The molecular formula is C11H20O3S. The molecule has 0 spiro atoms. The first kappa shape index (κ1) is 12.8. The van der Waals surface area contributed by atoms with Crippen molar-refractivity contribution in [2.45, 2.75) is 39.2 Å². The summed E-state index contributed by atoms with van der Waals surface area (Å²) in [4.78, 5) is 11.4. The van der Waals surface area contributed by atoms with Gasteiger partial charge >= 0.3 is 5.97 Å². The second kappa shape index (κ2) is 4.34. The summed E-state index contributed by atoms with van der Waals surface area (Å²) in [5.41, 5.74) is -2.08. The summed E-state index contributed by atoms with van der Waals surface area (Å²) in [5.74, 6) is 0.757. The minimum absolute atomic E-state index is 0.0666. The van der Waals surface area contributed by atoms with Crippen LogP contribution in [0.3, 0.4) is 0 Å². The van der Waals surface area contributed by atoms with Crippen molar-refractivity contribution in [2.24, 2.45) is 11.3 Å². The SMILES string of the molecule is CC(C)C(C)(C(=O)O)C1(O)CCSCC1. The standard InChI is InChI=1S/C11H20O3S/c1-8(2)10(3,9(12)13)11(14)4-6-15-7-5-11/h8,14H,4-7H2,1-3H3,(H,12,13). The molecule has 15 heavy (non-hydrogen) atoms. The Labute approximate surface area is 95.3 Å². The molecule has 0 aromatic rings. The Balaban J connectivity index is 3.02. The first-order valence-corrected chi connectivity index (χ1v) is 6.53. The first-order valence-electron chi connectivity index (χ1n) is 5.38. The Morgan fingerprint density at radius 2 is 1.87 bits per heavy atom. The molecule has 88 valence electrons. The molecule has 0 radical (unpaired) electrons. The van der Waals surface area contributed by atoms with Crippen molar-refractivity contribution in [1.82, 2.24) is 0 Å². The fourth-order valence-corrected chi connectivity index (χ4v) is 3.38. The lowest BCUT2D eigenvalue weighted by atomic mass is 9.63. The largest absolute Gasteiger partial charge is 0.481 e. The summed E-state index contributed by atoms with van der Waals surface area (Å²) < 4.78 is 0. The molecule has 0 bridgehead atoms. The normalized spacial score (nSPS) is 24.9. The van der Waals surface area contributed by atoms with E-state index in [1.165, 1.54) is 0 Å². The van der Waals surface area contributed by atoms with Crippen LogP contribution in [0.1, 0.15) is 33.6 Å². The Hall–Kier alpha value is -0.220. The van der Waals surface area contributed by atoms with E-state index in [-0.39, 0.29) is 5.92 Å². The molecule has 3 nitrogen and oxygen atoms in total. The molecule has 0 aromatic carbocycles. The predicted octanol–water partition coefficient (Wildman–Crippen LogP) is 1.99. The third kappa shape index (κ3) is 2.02. The third-order valence-corrected chi connectivity index (χ3v) is 4.87. The number of carboxylic acids is 1. The van der Waals surface area contributed by atoms with Gasteiger partial charge in [-0.05, 0) is 37.2 Å². The number of aliphatic hydroxyl groups is 1. The van der Waals surface area contributed by atoms with Gasteiger partial charge in [-0.15, -0.1) is 0 Å². The Morgan fingerprint density at radius 3 is 2.20 bits per heavy atom. The van der Waals surface area contributed by atoms with Crippen LogP contribution >= 0.6 is 11.8 Å². The maximum Gasteiger partial charge on any atom is 0.312 e. The maximum atomic E-state index is 11.4. The van der Waals surface area contributed by atoms with Crippen molar-refractivity contribution in [1.29, 1.82) is 0 Å². The molecule has 1 fully saturated rings. The highest BCUT2D eigenvalue weighted by Gasteiger charge is 2.54. The minimum atomic E-state index is -1.04. The topological polar surface area (TPSA) is 57.5 Å². The first-order chi connectivity index (χ1) is 6.84. The van der Waals surface area contributed by atoms with Crippen LogP contribution in [0.5, 0.6) is 0 Å². The lowest BCUT2D eigenvalue weighted by Gasteiger charge is -2.46. The van der Waals surface area contributed by atoms with Gasteiger partial charge in [-0.3, -0.25) is 4.79 Å². The lowest BCUT2D eigenvalue weighted by Crippen LogP contribution is -2.56. The zero-order valence-corrected chi connectivity index (χ0v) is 10.4. The monoisotopic (exact) mass is 232 g/mol. The van der Waals surface area contributed by atoms with Crippen molar-refractivity contribution in [3.63, 3.8) is 0 Å². The van der Waals surface area contributed by atoms with Crippen LogP contribution in [0.25, 0.3) is 0 Å². The van der Waals surface area contributed by atoms with Gasteiger partial charge in [0.1, 0.15) is 0 Å². The average Bonchev–Trinajstić information content (AvgIpc) is 2.16. The second-order valence-electron chi connectivity index (χ2n) is 4.81. The molecule has 4 heteroatoms. The molecule has 1 rings (SSSR count). The van der Waals surface area contributed by atoms with Crippen molar-refractivity contribution >= 4 is 17.7 Å². The Morgan fingerprint density at radius 1 is 1.40 bits per heavy atom. The van der Waals surface area contributed by atoms with Gasteiger partial charge in [0, 0.05) is 0 Å². The van der Waals surface area contributed by atoms with E-state index in [1.54, 1.807) is 18.7 Å². The van der Waals surface area contributed by atoms with Crippen LogP contribution in [0, 0.1) is 11.3 Å². The lowest BCUT2D eigenvalue weighted by molar-refractivity contribution is -0.175. The Kier molecular flexibility index (Phi) is 3.71. The molecule has 1 heterocycles. The van der Waals surface area contributed by atoms with Crippen molar-refractivity contribution in [3.05, 3.63) is 0 Å². The van der Waals surface area contributed by atoms with Gasteiger partial charge in [-0.25, -0.2) is 0 Å². The fraction of sp³-hybridized carbons (Fsp3) is 0.909. The van der Waals surface area contributed by atoms with E-state index in [9.17, 15) is 15.0 Å². The van der Waals surface area contributed by atoms with Crippen LogP contribution in [0.4, 0.5) is 0 Å². The van der Waals surface area contributed by atoms with E-state index >= 15 is 0 Å². The predicted molar refractivity (Wildman–Crippen MR) is 62.1 cm³/mol. The molecule has 0 aromatic heterocycles. The summed E-state index contributed by atoms with van der Waals surface area (Å²) in [6.45, 7) is 5.41. The molecule has 1 atom stereocenters. The van der Waals surface area contributed by atoms with E-state index in [2.05, 4.69) is 0 Å². The zero-order valence-electron chi connectivity index (χ0n) is 9.62. The van der Waals surface area contributed by atoms with Gasteiger partial charge in [0.25, 0.3) is 0 Å². The van der Waals surface area contributed by atoms with Gasteiger partial charge in [0.05, 0.1) is 11.0 Å². The zero-order chi connectivity index (χ0) is 11.7. The van der Waals surface area contributed by atoms with Gasteiger partial charge in [0.2, 0.25) is 0 Å². The van der Waals surface area contributed by atoms with Crippen molar-refractivity contribution < 1.29 is 15.0 Å². The quantitative estimate of drug-likeness (QED) is 0.781. The fourth-order valence-electron chi connectivity index (χ4n) is 2.21. The number of carboxylic acid groups (broad SMARTS) is 1. The second-order valence-corrected chi connectivity index (χ2v) is 6.03. The maximum absolute atomic E-state index is 11.4. The molecule has 1 aliphatic heterocycles. The molecule has 0 saturated carbocycles. The molecular weight excluding hydrogens is 212 g/mol. The Bertz CT molecular complexity index is 246. The van der Waals surface area contributed by atoms with Crippen LogP contribution in [0.2, 0.25) is 0 Å². The van der Waals surface area contributed by atoms with Crippen molar-refractivity contribution in [2.75, 3.05) is 11.5 Å².